The first-order valence-corrected chi connectivity index (χ1v) is 9.49. The number of aliphatic imine (C=N–C) groups is 1. The molecule has 0 aromatic heterocycles. The van der Waals surface area contributed by atoms with Crippen molar-refractivity contribution < 1.29 is 9.53 Å². The van der Waals surface area contributed by atoms with Crippen molar-refractivity contribution in [1.29, 1.82) is 0 Å². The molecule has 0 radical (unpaired) electrons. The molecule has 3 rings (SSSR count). The number of anilines is 1. The third-order valence-corrected chi connectivity index (χ3v) is 5.72. The minimum atomic E-state index is -0.0413. The maximum absolute atomic E-state index is 12.2. The van der Waals surface area contributed by atoms with Crippen LogP contribution in [0.3, 0.4) is 0 Å². The molecule has 0 aliphatic carbocycles. The molecule has 1 unspecified atom stereocenters. The fraction of sp³-hybridized carbons (Fsp3) is 0.579. The summed E-state index contributed by atoms with van der Waals surface area (Å²) in [6.45, 7) is 6.11. The first kappa shape index (κ1) is 19.0. The van der Waals surface area contributed by atoms with E-state index in [0.29, 0.717) is 23.4 Å². The van der Waals surface area contributed by atoms with Crippen LogP contribution >= 0.6 is 11.6 Å². The first-order chi connectivity index (χ1) is 12.5. The molecule has 6 nitrogen and oxygen atoms in total. The molecule has 2 saturated heterocycles. The lowest BCUT2D eigenvalue weighted by Crippen LogP contribution is -2.42. The molecule has 1 aromatic carbocycles. The van der Waals surface area contributed by atoms with Gasteiger partial charge in [0.2, 0.25) is 5.91 Å². The lowest BCUT2D eigenvalue weighted by molar-refractivity contribution is -0.116. The van der Waals surface area contributed by atoms with Gasteiger partial charge in [-0.15, -0.1) is 0 Å². The molecule has 2 heterocycles. The molecule has 142 valence electrons. The lowest BCUT2D eigenvalue weighted by Gasteiger charge is -2.24. The second-order valence-electron chi connectivity index (χ2n) is 7.16. The van der Waals surface area contributed by atoms with Crippen LogP contribution in [-0.4, -0.2) is 56.7 Å². The number of hydrogen-bond donors (Lipinski definition) is 2. The largest absolute Gasteiger partial charge is 0.381 e. The van der Waals surface area contributed by atoms with Gasteiger partial charge in [-0.25, -0.2) is 0 Å². The van der Waals surface area contributed by atoms with Gasteiger partial charge < -0.3 is 20.3 Å². The molecule has 2 N–H and O–H groups in total. The zero-order valence-electron chi connectivity index (χ0n) is 15.5. The van der Waals surface area contributed by atoms with Crippen LogP contribution in [-0.2, 0) is 9.53 Å². The second kappa shape index (κ2) is 8.27. The SMILES string of the molecule is CN=C(NCCC(=O)Nc1cccc(Cl)c1C)N1CCC2(CCOC2)C1. The number of nitrogens with zero attached hydrogens (tertiary/aromatic N) is 2. The van der Waals surface area contributed by atoms with Crippen LogP contribution < -0.4 is 10.6 Å². The van der Waals surface area contributed by atoms with Gasteiger partial charge in [-0.2, -0.15) is 0 Å². The second-order valence-corrected chi connectivity index (χ2v) is 7.57. The quantitative estimate of drug-likeness (QED) is 0.624. The van der Waals surface area contributed by atoms with Crippen LogP contribution in [0.25, 0.3) is 0 Å². The Balaban J connectivity index is 1.46. The normalized spacial score (nSPS) is 22.9. The Kier molecular flexibility index (Phi) is 6.04. The number of likely N-dealkylation sites (tertiary alicyclic amines) is 1. The third-order valence-electron chi connectivity index (χ3n) is 5.31. The van der Waals surface area contributed by atoms with Crippen molar-refractivity contribution in [3.05, 3.63) is 28.8 Å². The Morgan fingerprint density at radius 1 is 1.42 bits per heavy atom. The maximum Gasteiger partial charge on any atom is 0.226 e. The highest BCUT2D eigenvalue weighted by atomic mass is 35.5. The van der Waals surface area contributed by atoms with Gasteiger partial charge in [-0.3, -0.25) is 9.79 Å². The summed E-state index contributed by atoms with van der Waals surface area (Å²) in [5.74, 6) is 0.820. The molecule has 2 fully saturated rings. The van der Waals surface area contributed by atoms with Gasteiger partial charge in [0.15, 0.2) is 5.96 Å². The number of amides is 1. The minimum absolute atomic E-state index is 0.0413. The molecule has 1 spiro atoms. The van der Waals surface area contributed by atoms with Crippen LogP contribution in [0, 0.1) is 12.3 Å². The van der Waals surface area contributed by atoms with Gasteiger partial charge >= 0.3 is 0 Å². The number of ether oxygens (including phenoxy) is 1. The molecule has 0 bridgehead atoms. The molecule has 1 amide bonds. The molecule has 1 aromatic rings. The third kappa shape index (κ3) is 4.30. The van der Waals surface area contributed by atoms with E-state index in [4.69, 9.17) is 16.3 Å². The number of carbonyl (C=O) groups excluding carboxylic acids is 1. The fourth-order valence-electron chi connectivity index (χ4n) is 3.66. The summed E-state index contributed by atoms with van der Waals surface area (Å²) in [7, 11) is 1.79. The summed E-state index contributed by atoms with van der Waals surface area (Å²) in [6, 6.07) is 5.51. The molecule has 2 aliphatic heterocycles. The highest BCUT2D eigenvalue weighted by molar-refractivity contribution is 6.31. The highest BCUT2D eigenvalue weighted by Crippen LogP contribution is 2.38. The summed E-state index contributed by atoms with van der Waals surface area (Å²) >= 11 is 6.09. The molecular formula is C19H27ClN4O2. The first-order valence-electron chi connectivity index (χ1n) is 9.11. The average molecular weight is 379 g/mol. The molecule has 0 saturated carbocycles. The molecular weight excluding hydrogens is 352 g/mol. The van der Waals surface area contributed by atoms with E-state index in [2.05, 4.69) is 20.5 Å². The predicted molar refractivity (Wildman–Crippen MR) is 105 cm³/mol. The van der Waals surface area contributed by atoms with Gasteiger partial charge in [0.1, 0.15) is 0 Å². The molecule has 7 heteroatoms. The van der Waals surface area contributed by atoms with Crippen molar-refractivity contribution in [2.24, 2.45) is 10.4 Å². The smallest absolute Gasteiger partial charge is 0.226 e. The van der Waals surface area contributed by atoms with Gasteiger partial charge in [0.05, 0.1) is 6.61 Å². The van der Waals surface area contributed by atoms with Crippen molar-refractivity contribution in [3.63, 3.8) is 0 Å². The van der Waals surface area contributed by atoms with Crippen molar-refractivity contribution in [2.75, 3.05) is 45.2 Å². The number of nitrogens with one attached hydrogen (secondary N) is 2. The summed E-state index contributed by atoms with van der Waals surface area (Å²) in [6.07, 6.45) is 2.64. The lowest BCUT2D eigenvalue weighted by atomic mass is 9.87. The Morgan fingerprint density at radius 3 is 3.00 bits per heavy atom. The molecule has 26 heavy (non-hydrogen) atoms. The minimum Gasteiger partial charge on any atom is -0.381 e. The van der Waals surface area contributed by atoms with E-state index in [0.717, 1.165) is 56.4 Å². The Labute approximate surface area is 159 Å². The van der Waals surface area contributed by atoms with Crippen LogP contribution in [0.1, 0.15) is 24.8 Å². The number of benzene rings is 1. The van der Waals surface area contributed by atoms with Crippen molar-refractivity contribution in [3.8, 4) is 0 Å². The Bertz CT molecular complexity index is 686. The van der Waals surface area contributed by atoms with E-state index in [9.17, 15) is 4.79 Å². The van der Waals surface area contributed by atoms with E-state index in [1.807, 2.05) is 25.1 Å². The van der Waals surface area contributed by atoms with Crippen LogP contribution in [0.4, 0.5) is 5.69 Å². The standard InChI is InChI=1S/C19H27ClN4O2/c1-14-15(20)4-3-5-16(14)23-17(25)6-9-22-18(21-2)24-10-7-19(12-24)8-11-26-13-19/h3-5H,6-13H2,1-2H3,(H,21,22)(H,23,25). The molecule has 2 aliphatic rings. The maximum atomic E-state index is 12.2. The summed E-state index contributed by atoms with van der Waals surface area (Å²) in [5, 5.41) is 6.88. The fourth-order valence-corrected chi connectivity index (χ4v) is 3.84. The Hall–Kier alpha value is -1.79. The van der Waals surface area contributed by atoms with Gasteiger partial charge in [-0.05, 0) is 37.5 Å². The van der Waals surface area contributed by atoms with Crippen molar-refractivity contribution in [1.82, 2.24) is 10.2 Å². The average Bonchev–Trinajstić information content (AvgIpc) is 3.26. The monoisotopic (exact) mass is 378 g/mol. The number of rotatable bonds is 4. The topological polar surface area (TPSA) is 66.0 Å². The zero-order valence-corrected chi connectivity index (χ0v) is 16.2. The zero-order chi connectivity index (χ0) is 18.6. The van der Waals surface area contributed by atoms with Gasteiger partial charge in [0, 0.05) is 55.8 Å². The predicted octanol–water partition coefficient (Wildman–Crippen LogP) is 2.66. The van der Waals surface area contributed by atoms with E-state index < -0.39 is 0 Å². The van der Waals surface area contributed by atoms with E-state index in [1.165, 1.54) is 0 Å². The van der Waals surface area contributed by atoms with E-state index >= 15 is 0 Å². The summed E-state index contributed by atoms with van der Waals surface area (Å²) < 4.78 is 5.58. The van der Waals surface area contributed by atoms with Gasteiger partial charge in [-0.1, -0.05) is 17.7 Å². The number of guanidine groups is 1. The Morgan fingerprint density at radius 2 is 2.27 bits per heavy atom. The summed E-state index contributed by atoms with van der Waals surface area (Å²) in [4.78, 5) is 18.9. The van der Waals surface area contributed by atoms with Crippen LogP contribution in [0.15, 0.2) is 23.2 Å². The molecule has 1 atom stereocenters. The highest BCUT2D eigenvalue weighted by Gasteiger charge is 2.42. The number of halogens is 1. The van der Waals surface area contributed by atoms with E-state index in [-0.39, 0.29) is 5.91 Å². The van der Waals surface area contributed by atoms with Crippen molar-refractivity contribution in [2.45, 2.75) is 26.2 Å². The number of hydrogen-bond acceptors (Lipinski definition) is 3. The van der Waals surface area contributed by atoms with Crippen LogP contribution in [0.2, 0.25) is 5.02 Å². The van der Waals surface area contributed by atoms with E-state index in [1.54, 1.807) is 7.05 Å². The summed E-state index contributed by atoms with van der Waals surface area (Å²) in [5.41, 5.74) is 1.93. The number of carbonyl (C=O) groups is 1. The van der Waals surface area contributed by atoms with Crippen LogP contribution in [0.5, 0.6) is 0 Å². The van der Waals surface area contributed by atoms with Gasteiger partial charge in [0.25, 0.3) is 0 Å². The van der Waals surface area contributed by atoms with Crippen molar-refractivity contribution >= 4 is 29.2 Å².